The molecule has 0 radical (unpaired) electrons. The number of unbranched alkanes of at least 4 members (excludes halogenated alkanes) is 1. The van der Waals surface area contributed by atoms with Crippen LogP contribution in [0.3, 0.4) is 0 Å². The average molecular weight is 208 g/mol. The lowest BCUT2D eigenvalue weighted by molar-refractivity contribution is 0.309. The van der Waals surface area contributed by atoms with Gasteiger partial charge in [-0.1, -0.05) is 0 Å². The van der Waals surface area contributed by atoms with E-state index in [0.29, 0.717) is 30.8 Å². The Hall–Kier alpha value is -1.60. The Kier molecular flexibility index (Phi) is 4.58. The van der Waals surface area contributed by atoms with E-state index in [-0.39, 0.29) is 12.4 Å². The van der Waals surface area contributed by atoms with Crippen LogP contribution in [-0.4, -0.2) is 6.61 Å². The predicted molar refractivity (Wildman–Crippen MR) is 54.6 cm³/mol. The van der Waals surface area contributed by atoms with Gasteiger partial charge >= 0.3 is 0 Å². The fraction of sp³-hybridized carbons (Fsp3) is 0.364. The second-order valence-corrected chi connectivity index (χ2v) is 3.07. The summed E-state index contributed by atoms with van der Waals surface area (Å²) in [5.41, 5.74) is 6.10. The third-order valence-electron chi connectivity index (χ3n) is 1.93. The fourth-order valence-electron chi connectivity index (χ4n) is 1.18. The van der Waals surface area contributed by atoms with Crippen LogP contribution in [0.15, 0.2) is 18.2 Å². The molecule has 0 saturated heterocycles. The molecule has 0 fully saturated rings. The largest absolute Gasteiger partial charge is 0.493 e. The van der Waals surface area contributed by atoms with Gasteiger partial charge in [-0.3, -0.25) is 0 Å². The van der Waals surface area contributed by atoms with E-state index in [1.807, 2.05) is 6.07 Å². The molecule has 3 nitrogen and oxygen atoms in total. The van der Waals surface area contributed by atoms with Crippen LogP contribution in [-0.2, 0) is 6.54 Å². The first-order chi connectivity index (χ1) is 7.27. The Balaban J connectivity index is 2.57. The van der Waals surface area contributed by atoms with Gasteiger partial charge in [0.2, 0.25) is 0 Å². The Morgan fingerprint density at radius 2 is 2.27 bits per heavy atom. The first-order valence-electron chi connectivity index (χ1n) is 4.76. The molecular weight excluding hydrogens is 195 g/mol. The van der Waals surface area contributed by atoms with Crippen molar-refractivity contribution in [1.82, 2.24) is 0 Å². The Morgan fingerprint density at radius 1 is 1.47 bits per heavy atom. The Labute approximate surface area is 88.3 Å². The maximum absolute atomic E-state index is 12.8. The number of hydrogen-bond donors (Lipinski definition) is 1. The molecule has 0 spiro atoms. The number of nitrogens with two attached hydrogens (primary N) is 1. The van der Waals surface area contributed by atoms with E-state index in [4.69, 9.17) is 15.7 Å². The van der Waals surface area contributed by atoms with Gasteiger partial charge in [-0.15, -0.1) is 0 Å². The van der Waals surface area contributed by atoms with E-state index in [9.17, 15) is 4.39 Å². The monoisotopic (exact) mass is 208 g/mol. The summed E-state index contributed by atoms with van der Waals surface area (Å²) >= 11 is 0. The molecule has 0 saturated carbocycles. The molecule has 0 aromatic heterocycles. The highest BCUT2D eigenvalue weighted by molar-refractivity contribution is 5.33. The van der Waals surface area contributed by atoms with E-state index in [1.54, 1.807) is 6.07 Å². The first kappa shape index (κ1) is 11.5. The van der Waals surface area contributed by atoms with Crippen molar-refractivity contribution in [2.45, 2.75) is 19.4 Å². The second kappa shape index (κ2) is 5.99. The maximum atomic E-state index is 12.8. The minimum absolute atomic E-state index is 0.241. The molecule has 0 aliphatic carbocycles. The Bertz CT molecular complexity index is 360. The number of halogens is 1. The first-order valence-corrected chi connectivity index (χ1v) is 4.76. The summed E-state index contributed by atoms with van der Waals surface area (Å²) in [5.74, 6) is 0.275. The molecule has 4 heteroatoms. The van der Waals surface area contributed by atoms with Crippen molar-refractivity contribution in [3.63, 3.8) is 0 Å². The van der Waals surface area contributed by atoms with Crippen molar-refractivity contribution >= 4 is 0 Å². The van der Waals surface area contributed by atoms with E-state index in [2.05, 4.69) is 0 Å². The van der Waals surface area contributed by atoms with E-state index >= 15 is 0 Å². The highest BCUT2D eigenvalue weighted by atomic mass is 19.1. The molecule has 0 amide bonds. The van der Waals surface area contributed by atoms with Crippen LogP contribution in [0.5, 0.6) is 5.75 Å². The molecule has 2 N–H and O–H groups in total. The lowest BCUT2D eigenvalue weighted by atomic mass is 10.2. The van der Waals surface area contributed by atoms with E-state index < -0.39 is 0 Å². The number of nitriles is 1. The molecule has 0 aliphatic rings. The van der Waals surface area contributed by atoms with Gasteiger partial charge in [0.25, 0.3) is 0 Å². The molecule has 1 rings (SSSR count). The zero-order chi connectivity index (χ0) is 11.1. The van der Waals surface area contributed by atoms with E-state index in [1.165, 1.54) is 12.1 Å². The second-order valence-electron chi connectivity index (χ2n) is 3.07. The van der Waals surface area contributed by atoms with Crippen molar-refractivity contribution in [1.29, 1.82) is 5.26 Å². The fourth-order valence-corrected chi connectivity index (χ4v) is 1.18. The van der Waals surface area contributed by atoms with Crippen LogP contribution < -0.4 is 10.5 Å². The summed E-state index contributed by atoms with van der Waals surface area (Å²) in [5, 5.41) is 8.33. The van der Waals surface area contributed by atoms with Crippen molar-refractivity contribution in [3.05, 3.63) is 29.6 Å². The lowest BCUT2D eigenvalue weighted by Gasteiger charge is -2.09. The molecule has 15 heavy (non-hydrogen) atoms. The highest BCUT2D eigenvalue weighted by Gasteiger charge is 2.03. The molecule has 0 atom stereocenters. The topological polar surface area (TPSA) is 59.0 Å². The zero-order valence-corrected chi connectivity index (χ0v) is 8.37. The van der Waals surface area contributed by atoms with Gasteiger partial charge in [0, 0.05) is 18.5 Å². The summed E-state index contributed by atoms with van der Waals surface area (Å²) in [6, 6.07) is 6.28. The van der Waals surface area contributed by atoms with Crippen LogP contribution in [0, 0.1) is 17.1 Å². The molecule has 0 heterocycles. The zero-order valence-electron chi connectivity index (χ0n) is 8.37. The van der Waals surface area contributed by atoms with Gasteiger partial charge in [0.1, 0.15) is 11.6 Å². The number of nitrogens with zero attached hydrogens (tertiary/aromatic N) is 1. The number of ether oxygens (including phenoxy) is 1. The van der Waals surface area contributed by atoms with Gasteiger partial charge in [-0.2, -0.15) is 5.26 Å². The van der Waals surface area contributed by atoms with Crippen LogP contribution >= 0.6 is 0 Å². The molecule has 0 aliphatic heterocycles. The molecule has 1 aromatic rings. The van der Waals surface area contributed by atoms with Crippen molar-refractivity contribution in [2.24, 2.45) is 5.73 Å². The van der Waals surface area contributed by atoms with Gasteiger partial charge in [0.15, 0.2) is 0 Å². The molecular formula is C11H13FN2O. The maximum Gasteiger partial charge on any atom is 0.123 e. The smallest absolute Gasteiger partial charge is 0.123 e. The number of hydrogen-bond acceptors (Lipinski definition) is 3. The average Bonchev–Trinajstić information content (AvgIpc) is 2.26. The quantitative estimate of drug-likeness (QED) is 0.752. The van der Waals surface area contributed by atoms with E-state index in [0.717, 1.165) is 0 Å². The summed E-state index contributed by atoms with van der Waals surface area (Å²) in [4.78, 5) is 0. The van der Waals surface area contributed by atoms with Crippen LogP contribution in [0.1, 0.15) is 18.4 Å². The normalized spacial score (nSPS) is 9.67. The predicted octanol–water partition coefficient (Wildman–Crippen LogP) is 1.97. The molecule has 0 unspecified atom stereocenters. The highest BCUT2D eigenvalue weighted by Crippen LogP contribution is 2.19. The van der Waals surface area contributed by atoms with Crippen molar-refractivity contribution in [3.8, 4) is 11.8 Å². The summed E-state index contributed by atoms with van der Waals surface area (Å²) in [7, 11) is 0. The van der Waals surface area contributed by atoms with Crippen LogP contribution in [0.2, 0.25) is 0 Å². The summed E-state index contributed by atoms with van der Waals surface area (Å²) < 4.78 is 18.2. The standard InChI is InChI=1S/C11H13FN2O/c12-10-3-4-11(9(7-10)8-14)15-6-2-1-5-13/h3-4,7H,1-2,6,8,14H2. The van der Waals surface area contributed by atoms with Crippen molar-refractivity contribution in [2.75, 3.05) is 6.61 Å². The summed E-state index contributed by atoms with van der Waals surface area (Å²) in [6.07, 6.45) is 1.12. The Morgan fingerprint density at radius 3 is 2.93 bits per heavy atom. The number of rotatable bonds is 5. The van der Waals surface area contributed by atoms with Crippen LogP contribution in [0.25, 0.3) is 0 Å². The SMILES string of the molecule is N#CCCCOc1ccc(F)cc1CN. The minimum Gasteiger partial charge on any atom is -0.493 e. The molecule has 0 bridgehead atoms. The van der Waals surface area contributed by atoms with Gasteiger partial charge in [-0.25, -0.2) is 4.39 Å². The summed E-state index contributed by atoms with van der Waals surface area (Å²) in [6.45, 7) is 0.692. The number of benzene rings is 1. The lowest BCUT2D eigenvalue weighted by Crippen LogP contribution is -2.04. The van der Waals surface area contributed by atoms with Gasteiger partial charge in [0.05, 0.1) is 12.7 Å². The van der Waals surface area contributed by atoms with Crippen molar-refractivity contribution < 1.29 is 9.13 Å². The van der Waals surface area contributed by atoms with Crippen LogP contribution in [0.4, 0.5) is 4.39 Å². The minimum atomic E-state index is -0.320. The molecule has 80 valence electrons. The van der Waals surface area contributed by atoms with Gasteiger partial charge < -0.3 is 10.5 Å². The molecule has 1 aromatic carbocycles. The van der Waals surface area contributed by atoms with Gasteiger partial charge in [-0.05, 0) is 24.6 Å². The third kappa shape index (κ3) is 3.56. The third-order valence-corrected chi connectivity index (χ3v) is 1.93.